The molecular formula is C46H51ClN2O7. The smallest absolute Gasteiger partial charge is 0.338 e. The molecule has 2 heterocycles. The van der Waals surface area contributed by atoms with Crippen LogP contribution in [0.5, 0.6) is 0 Å². The number of carbonyl (C=O) groups excluding carboxylic acids is 3. The Bertz CT molecular complexity index is 1860. The minimum Gasteiger partial charge on any atom is -0.462 e. The molecule has 0 atom stereocenters. The second-order valence-electron chi connectivity index (χ2n) is 12.5. The summed E-state index contributed by atoms with van der Waals surface area (Å²) in [6, 6.07) is 29.5. The van der Waals surface area contributed by atoms with E-state index in [0.717, 1.165) is 94.1 Å². The van der Waals surface area contributed by atoms with E-state index in [4.69, 9.17) is 18.9 Å². The lowest BCUT2D eigenvalue weighted by atomic mass is 10.1. The fraction of sp³-hybridized carbons (Fsp3) is 0.326. The first-order chi connectivity index (χ1) is 27.0. The molecule has 0 amide bonds. The normalized spacial score (nSPS) is 13.6. The van der Waals surface area contributed by atoms with Gasteiger partial charge in [0.1, 0.15) is 6.29 Å². The van der Waals surface area contributed by atoms with E-state index >= 15 is 0 Å². The Labute approximate surface area is 337 Å². The van der Waals surface area contributed by atoms with Crippen LogP contribution in [-0.2, 0) is 25.5 Å². The third-order valence-corrected chi connectivity index (χ3v) is 8.28. The molecule has 1 N–H and O–H groups in total. The Morgan fingerprint density at radius 1 is 0.625 bits per heavy atom. The van der Waals surface area contributed by atoms with E-state index in [0.29, 0.717) is 29.9 Å². The SMILES string of the molecule is C1CNCCOC1.CCOC(=O)c1ccc(C#Cc2ccc(C=O)cc2)cc1.CCOC(=O)c1ccc(C#Cc2ccc(CN3CCCOCC3)cc2)cc1.Cl. The third kappa shape index (κ3) is 17.0. The molecule has 9 nitrogen and oxygen atoms in total. The van der Waals surface area contributed by atoms with E-state index in [1.807, 2.05) is 12.1 Å². The minimum absolute atomic E-state index is 0. The van der Waals surface area contributed by atoms with E-state index in [1.165, 1.54) is 12.0 Å². The van der Waals surface area contributed by atoms with Crippen molar-refractivity contribution >= 4 is 30.6 Å². The number of hydrogen-bond donors (Lipinski definition) is 1. The summed E-state index contributed by atoms with van der Waals surface area (Å²) < 4.78 is 20.5. The number of esters is 2. The number of aldehydes is 1. The number of halogens is 1. The second-order valence-corrected chi connectivity index (χ2v) is 12.5. The van der Waals surface area contributed by atoms with Gasteiger partial charge in [0.05, 0.1) is 37.6 Å². The van der Waals surface area contributed by atoms with Crippen LogP contribution in [0.25, 0.3) is 0 Å². The van der Waals surface area contributed by atoms with Gasteiger partial charge in [-0.25, -0.2) is 9.59 Å². The molecule has 0 aliphatic carbocycles. The van der Waals surface area contributed by atoms with E-state index in [9.17, 15) is 14.4 Å². The van der Waals surface area contributed by atoms with E-state index in [2.05, 4.69) is 58.2 Å². The summed E-state index contributed by atoms with van der Waals surface area (Å²) >= 11 is 0. The van der Waals surface area contributed by atoms with E-state index < -0.39 is 0 Å². The number of benzene rings is 4. The topological polar surface area (TPSA) is 103 Å². The van der Waals surface area contributed by atoms with Crippen molar-refractivity contribution in [1.29, 1.82) is 0 Å². The van der Waals surface area contributed by atoms with Gasteiger partial charge in [-0.2, -0.15) is 0 Å². The molecule has 6 rings (SSSR count). The van der Waals surface area contributed by atoms with Crippen LogP contribution >= 0.6 is 12.4 Å². The van der Waals surface area contributed by atoms with Crippen LogP contribution in [0.15, 0.2) is 97.1 Å². The zero-order chi connectivity index (χ0) is 38.9. The van der Waals surface area contributed by atoms with Crippen LogP contribution in [0.3, 0.4) is 0 Å². The highest BCUT2D eigenvalue weighted by atomic mass is 35.5. The number of carbonyl (C=O) groups is 3. The summed E-state index contributed by atoms with van der Waals surface area (Å²) in [6.45, 7) is 13.0. The predicted octanol–water partition coefficient (Wildman–Crippen LogP) is 6.98. The molecule has 2 aliphatic rings. The van der Waals surface area contributed by atoms with Crippen LogP contribution in [0.1, 0.15) is 85.6 Å². The summed E-state index contributed by atoms with van der Waals surface area (Å²) in [4.78, 5) is 36.2. The van der Waals surface area contributed by atoms with Gasteiger partial charge in [0, 0.05) is 67.2 Å². The predicted molar refractivity (Wildman–Crippen MR) is 221 cm³/mol. The molecule has 0 saturated carbocycles. The van der Waals surface area contributed by atoms with Gasteiger partial charge < -0.3 is 24.3 Å². The van der Waals surface area contributed by atoms with Crippen LogP contribution in [0.2, 0.25) is 0 Å². The standard InChI is InChI=1S/C23H25NO3.C18H14O3.C5H11NO.ClH/c1-2-27-23(25)22-12-10-20(11-13-22)5-4-19-6-8-21(9-7-19)18-24-14-3-16-26-17-15-24;1-2-21-18(20)17-11-9-15(10-12-17)4-3-14-5-7-16(13-19)8-6-14;1-2-6-3-5-7-4-1;/h6-13H,2-3,14-18H2,1H3;5-13H,2H2,1H3;6H,1-5H2;1H. The Morgan fingerprint density at radius 3 is 1.59 bits per heavy atom. The summed E-state index contributed by atoms with van der Waals surface area (Å²) in [7, 11) is 0. The van der Waals surface area contributed by atoms with Crippen LogP contribution < -0.4 is 5.32 Å². The van der Waals surface area contributed by atoms with Gasteiger partial charge in [-0.15, -0.1) is 12.4 Å². The average Bonchev–Trinajstić information content (AvgIpc) is 3.70. The van der Waals surface area contributed by atoms with Crippen LogP contribution in [0.4, 0.5) is 0 Å². The van der Waals surface area contributed by atoms with Crippen molar-refractivity contribution in [3.8, 4) is 23.7 Å². The molecule has 0 aromatic heterocycles. The zero-order valence-corrected chi connectivity index (χ0v) is 33.0. The van der Waals surface area contributed by atoms with Gasteiger partial charge in [0.2, 0.25) is 0 Å². The molecule has 56 heavy (non-hydrogen) atoms. The van der Waals surface area contributed by atoms with Gasteiger partial charge in [0.15, 0.2) is 0 Å². The van der Waals surface area contributed by atoms with Crippen molar-refractivity contribution in [2.24, 2.45) is 0 Å². The van der Waals surface area contributed by atoms with Crippen molar-refractivity contribution < 1.29 is 33.3 Å². The van der Waals surface area contributed by atoms with Gasteiger partial charge in [0.25, 0.3) is 0 Å². The minimum atomic E-state index is -0.332. The highest BCUT2D eigenvalue weighted by Gasteiger charge is 2.10. The summed E-state index contributed by atoms with van der Waals surface area (Å²) in [5, 5.41) is 3.22. The highest BCUT2D eigenvalue weighted by molar-refractivity contribution is 5.90. The maximum atomic E-state index is 11.7. The van der Waals surface area contributed by atoms with Crippen LogP contribution in [-0.4, -0.2) is 88.9 Å². The molecule has 2 saturated heterocycles. The molecule has 0 unspecified atom stereocenters. The van der Waals surface area contributed by atoms with Gasteiger partial charge in [-0.3, -0.25) is 9.69 Å². The quantitative estimate of drug-likeness (QED) is 0.121. The molecular weight excluding hydrogens is 728 g/mol. The first kappa shape index (κ1) is 45.1. The Balaban J connectivity index is 0.000000257. The zero-order valence-electron chi connectivity index (χ0n) is 32.2. The molecule has 0 bridgehead atoms. The van der Waals surface area contributed by atoms with Gasteiger partial charge >= 0.3 is 11.9 Å². The molecule has 294 valence electrons. The molecule has 4 aromatic rings. The van der Waals surface area contributed by atoms with E-state index in [-0.39, 0.29) is 24.3 Å². The summed E-state index contributed by atoms with van der Waals surface area (Å²) in [5.74, 6) is 11.7. The first-order valence-electron chi connectivity index (χ1n) is 18.8. The molecule has 0 radical (unpaired) electrons. The largest absolute Gasteiger partial charge is 0.462 e. The molecule has 2 fully saturated rings. The average molecular weight is 779 g/mol. The van der Waals surface area contributed by atoms with Crippen molar-refractivity contribution in [2.45, 2.75) is 33.2 Å². The third-order valence-electron chi connectivity index (χ3n) is 8.28. The molecule has 10 heteroatoms. The highest BCUT2D eigenvalue weighted by Crippen LogP contribution is 2.11. The monoisotopic (exact) mass is 778 g/mol. The lowest BCUT2D eigenvalue weighted by Crippen LogP contribution is -2.25. The van der Waals surface area contributed by atoms with Crippen molar-refractivity contribution in [2.75, 3.05) is 65.8 Å². The van der Waals surface area contributed by atoms with Crippen molar-refractivity contribution in [3.63, 3.8) is 0 Å². The Kier molecular flexibility index (Phi) is 21.4. The first-order valence-corrected chi connectivity index (χ1v) is 18.8. The lowest BCUT2D eigenvalue weighted by molar-refractivity contribution is 0.0516. The Morgan fingerprint density at radius 2 is 1.09 bits per heavy atom. The number of hydrogen-bond acceptors (Lipinski definition) is 9. The molecule has 4 aromatic carbocycles. The van der Waals surface area contributed by atoms with Crippen molar-refractivity contribution in [3.05, 3.63) is 142 Å². The van der Waals surface area contributed by atoms with Gasteiger partial charge in [-0.05, 0) is 112 Å². The maximum Gasteiger partial charge on any atom is 0.338 e. The number of nitrogens with zero attached hydrogens (tertiary/aromatic N) is 1. The van der Waals surface area contributed by atoms with Gasteiger partial charge in [-0.1, -0.05) is 47.9 Å². The number of rotatable bonds is 7. The molecule has 2 aliphatic heterocycles. The summed E-state index contributed by atoms with van der Waals surface area (Å²) in [5.41, 5.74) is 6.46. The van der Waals surface area contributed by atoms with Crippen LogP contribution in [0, 0.1) is 23.7 Å². The lowest BCUT2D eigenvalue weighted by Gasteiger charge is -2.18. The fourth-order valence-electron chi connectivity index (χ4n) is 5.32. The second kappa shape index (κ2) is 26.5. The van der Waals surface area contributed by atoms with E-state index in [1.54, 1.807) is 74.5 Å². The number of nitrogens with one attached hydrogen (secondary N) is 1. The Hall–Kier alpha value is -5.26. The molecule has 0 spiro atoms. The maximum absolute atomic E-state index is 11.7. The summed E-state index contributed by atoms with van der Waals surface area (Å²) in [6.07, 6.45) is 3.06. The number of ether oxygens (including phenoxy) is 4. The fourth-order valence-corrected chi connectivity index (χ4v) is 5.32. The van der Waals surface area contributed by atoms with Crippen molar-refractivity contribution in [1.82, 2.24) is 10.2 Å².